The number of amides is 1. The van der Waals surface area contributed by atoms with Crippen molar-refractivity contribution in [3.8, 4) is 0 Å². The highest BCUT2D eigenvalue weighted by Crippen LogP contribution is 2.47. The Balaban J connectivity index is 1.69. The van der Waals surface area contributed by atoms with Crippen molar-refractivity contribution in [2.75, 3.05) is 6.54 Å². The predicted molar refractivity (Wildman–Crippen MR) is 98.1 cm³/mol. The molecule has 0 spiro atoms. The predicted octanol–water partition coefficient (Wildman–Crippen LogP) is 4.26. The lowest BCUT2D eigenvalue weighted by Gasteiger charge is -2.52. The van der Waals surface area contributed by atoms with Crippen LogP contribution in [0.3, 0.4) is 0 Å². The van der Waals surface area contributed by atoms with E-state index in [0.717, 1.165) is 43.4 Å². The van der Waals surface area contributed by atoms with Gasteiger partial charge in [-0.15, -0.1) is 0 Å². The van der Waals surface area contributed by atoms with Gasteiger partial charge in [-0.2, -0.15) is 0 Å². The quantitative estimate of drug-likeness (QED) is 0.857. The Hall–Kier alpha value is -2.27. The van der Waals surface area contributed by atoms with Crippen molar-refractivity contribution in [2.24, 2.45) is 5.92 Å². The van der Waals surface area contributed by atoms with Crippen LogP contribution in [0.1, 0.15) is 48.0 Å². The smallest absolute Gasteiger partial charge is 0.260 e. The van der Waals surface area contributed by atoms with Crippen LogP contribution < -0.4 is 0 Å². The molecule has 0 radical (unpaired) electrons. The van der Waals surface area contributed by atoms with Crippen LogP contribution in [0.15, 0.2) is 48.5 Å². The van der Waals surface area contributed by atoms with E-state index in [1.165, 1.54) is 6.07 Å². The molecule has 2 fully saturated rings. The van der Waals surface area contributed by atoms with E-state index >= 15 is 0 Å². The zero-order chi connectivity index (χ0) is 19.0. The van der Waals surface area contributed by atoms with Crippen LogP contribution in [-0.2, 0) is 5.60 Å². The second kappa shape index (κ2) is 7.04. The van der Waals surface area contributed by atoms with Gasteiger partial charge in [-0.05, 0) is 37.0 Å². The summed E-state index contributed by atoms with van der Waals surface area (Å²) in [6.45, 7) is 0.277. The van der Waals surface area contributed by atoms with Crippen molar-refractivity contribution >= 4 is 5.91 Å². The van der Waals surface area contributed by atoms with Gasteiger partial charge in [-0.25, -0.2) is 8.78 Å². The van der Waals surface area contributed by atoms with E-state index in [0.29, 0.717) is 6.42 Å². The molecule has 5 heteroatoms. The third kappa shape index (κ3) is 3.04. The molecule has 1 saturated carbocycles. The first kappa shape index (κ1) is 18.1. The summed E-state index contributed by atoms with van der Waals surface area (Å²) in [6.07, 6.45) is 3.81. The van der Waals surface area contributed by atoms with Gasteiger partial charge in [0.1, 0.15) is 17.2 Å². The monoisotopic (exact) mass is 371 g/mol. The Labute approximate surface area is 157 Å². The number of hydrogen-bond donors (Lipinski definition) is 1. The Kier molecular flexibility index (Phi) is 4.72. The molecule has 27 heavy (non-hydrogen) atoms. The number of likely N-dealkylation sites (tertiary alicyclic amines) is 1. The van der Waals surface area contributed by atoms with Crippen LogP contribution in [0.5, 0.6) is 0 Å². The molecular weight excluding hydrogens is 348 g/mol. The van der Waals surface area contributed by atoms with Crippen molar-refractivity contribution in [1.82, 2.24) is 4.90 Å². The molecule has 0 aromatic heterocycles. The average Bonchev–Trinajstić information content (AvgIpc) is 2.69. The Morgan fingerprint density at radius 2 is 1.67 bits per heavy atom. The summed E-state index contributed by atoms with van der Waals surface area (Å²) < 4.78 is 28.3. The summed E-state index contributed by atoms with van der Waals surface area (Å²) in [4.78, 5) is 14.6. The molecule has 2 aliphatic rings. The number of halogens is 2. The zero-order valence-corrected chi connectivity index (χ0v) is 15.1. The zero-order valence-electron chi connectivity index (χ0n) is 15.1. The molecule has 1 aliphatic heterocycles. The third-order valence-electron chi connectivity index (χ3n) is 6.19. The third-order valence-corrected chi connectivity index (χ3v) is 6.19. The van der Waals surface area contributed by atoms with E-state index in [-0.39, 0.29) is 18.5 Å². The molecule has 2 aromatic carbocycles. The van der Waals surface area contributed by atoms with Gasteiger partial charge in [-0.1, -0.05) is 49.2 Å². The summed E-state index contributed by atoms with van der Waals surface area (Å²) in [5.41, 5.74) is -0.658. The Bertz CT molecular complexity index is 821. The molecular formula is C22H23F2NO2. The fourth-order valence-electron chi connectivity index (χ4n) is 4.87. The van der Waals surface area contributed by atoms with Crippen molar-refractivity contribution < 1.29 is 18.7 Å². The highest BCUT2D eigenvalue weighted by Gasteiger charge is 2.50. The minimum absolute atomic E-state index is 0.138. The lowest BCUT2D eigenvalue weighted by molar-refractivity contribution is -0.110. The van der Waals surface area contributed by atoms with Gasteiger partial charge in [0.2, 0.25) is 0 Å². The summed E-state index contributed by atoms with van der Waals surface area (Å²) in [6, 6.07) is 12.8. The summed E-state index contributed by atoms with van der Waals surface area (Å²) in [5, 5.41) is 11.5. The normalized spacial score (nSPS) is 27.9. The van der Waals surface area contributed by atoms with Gasteiger partial charge >= 0.3 is 0 Å². The molecule has 4 rings (SSSR count). The van der Waals surface area contributed by atoms with E-state index in [1.807, 2.05) is 30.3 Å². The van der Waals surface area contributed by atoms with E-state index in [9.17, 15) is 18.7 Å². The Morgan fingerprint density at radius 3 is 2.37 bits per heavy atom. The molecule has 1 heterocycles. The number of rotatable bonds is 2. The van der Waals surface area contributed by atoms with Gasteiger partial charge in [0.05, 0.1) is 5.60 Å². The molecule has 1 aliphatic carbocycles. The van der Waals surface area contributed by atoms with E-state index in [4.69, 9.17) is 0 Å². The van der Waals surface area contributed by atoms with Gasteiger partial charge in [0, 0.05) is 18.5 Å². The van der Waals surface area contributed by atoms with Crippen molar-refractivity contribution in [1.29, 1.82) is 0 Å². The molecule has 1 N–H and O–H groups in total. The minimum Gasteiger partial charge on any atom is -0.385 e. The largest absolute Gasteiger partial charge is 0.385 e. The summed E-state index contributed by atoms with van der Waals surface area (Å²) in [5.74, 6) is -2.42. The number of fused-ring (bicyclic) bond motifs is 1. The fraction of sp³-hybridized carbons (Fsp3) is 0.409. The minimum atomic E-state index is -1.02. The highest BCUT2D eigenvalue weighted by atomic mass is 19.1. The van der Waals surface area contributed by atoms with Crippen molar-refractivity contribution in [3.05, 3.63) is 71.3 Å². The highest BCUT2D eigenvalue weighted by molar-refractivity contribution is 5.95. The maximum absolute atomic E-state index is 14.2. The van der Waals surface area contributed by atoms with E-state index < -0.39 is 28.7 Å². The molecule has 0 unspecified atom stereocenters. The number of aliphatic hydroxyl groups is 1. The number of carbonyl (C=O) groups is 1. The van der Waals surface area contributed by atoms with Gasteiger partial charge < -0.3 is 10.0 Å². The standard InChI is InChI=1S/C22H23F2NO2/c23-17-10-6-11-18(24)20(17)21(26)25-14-13-22(27,15-7-2-1-3-8-15)16-9-4-5-12-19(16)25/h1-3,6-8,10-11,16,19,27H,4-5,9,12-14H2/t16-,19-,22+/m0/s1. The number of nitrogens with zero attached hydrogens (tertiary/aromatic N) is 1. The summed E-state index contributed by atoms with van der Waals surface area (Å²) >= 11 is 0. The van der Waals surface area contributed by atoms with Crippen molar-refractivity contribution in [2.45, 2.75) is 43.7 Å². The van der Waals surface area contributed by atoms with E-state index in [1.54, 1.807) is 4.90 Å². The molecule has 0 bridgehead atoms. The Morgan fingerprint density at radius 1 is 1.00 bits per heavy atom. The number of benzene rings is 2. The maximum atomic E-state index is 14.2. The van der Waals surface area contributed by atoms with Crippen LogP contribution in [0.4, 0.5) is 8.78 Å². The molecule has 2 aromatic rings. The van der Waals surface area contributed by atoms with Crippen LogP contribution in [0, 0.1) is 17.6 Å². The summed E-state index contributed by atoms with van der Waals surface area (Å²) in [7, 11) is 0. The second-order valence-electron chi connectivity index (χ2n) is 7.59. The van der Waals surface area contributed by atoms with Crippen LogP contribution in [-0.4, -0.2) is 28.5 Å². The fourth-order valence-corrected chi connectivity index (χ4v) is 4.87. The number of carbonyl (C=O) groups excluding carboxylic acids is 1. The first-order valence-corrected chi connectivity index (χ1v) is 9.55. The second-order valence-corrected chi connectivity index (χ2v) is 7.59. The number of hydrogen-bond acceptors (Lipinski definition) is 2. The van der Waals surface area contributed by atoms with Crippen LogP contribution in [0.25, 0.3) is 0 Å². The molecule has 1 amide bonds. The lowest BCUT2D eigenvalue weighted by atomic mass is 9.66. The van der Waals surface area contributed by atoms with E-state index in [2.05, 4.69) is 0 Å². The first-order chi connectivity index (χ1) is 13.0. The molecule has 3 nitrogen and oxygen atoms in total. The topological polar surface area (TPSA) is 40.5 Å². The van der Waals surface area contributed by atoms with Crippen LogP contribution in [0.2, 0.25) is 0 Å². The first-order valence-electron chi connectivity index (χ1n) is 9.55. The van der Waals surface area contributed by atoms with Gasteiger partial charge in [0.25, 0.3) is 5.91 Å². The average molecular weight is 371 g/mol. The molecule has 3 atom stereocenters. The van der Waals surface area contributed by atoms with Gasteiger partial charge in [-0.3, -0.25) is 4.79 Å². The maximum Gasteiger partial charge on any atom is 0.260 e. The number of piperidine rings is 1. The SMILES string of the molecule is O=C(c1c(F)cccc1F)N1CC[C@@](O)(c2ccccc2)[C@H]2CCCC[C@@H]21. The van der Waals surface area contributed by atoms with Crippen molar-refractivity contribution in [3.63, 3.8) is 0 Å². The lowest BCUT2D eigenvalue weighted by Crippen LogP contribution is -2.59. The van der Waals surface area contributed by atoms with Gasteiger partial charge in [0.15, 0.2) is 0 Å². The van der Waals surface area contributed by atoms with Crippen LogP contribution >= 0.6 is 0 Å². The molecule has 142 valence electrons. The molecule has 1 saturated heterocycles.